The van der Waals surface area contributed by atoms with Crippen LogP contribution in [0.3, 0.4) is 0 Å². The summed E-state index contributed by atoms with van der Waals surface area (Å²) < 4.78 is 43.7. The van der Waals surface area contributed by atoms with Crippen molar-refractivity contribution in [2.45, 2.75) is 31.5 Å². The fourth-order valence-electron chi connectivity index (χ4n) is 2.37. The van der Waals surface area contributed by atoms with E-state index in [1.165, 1.54) is 7.11 Å². The SMILES string of the molecule is COc1c(Cl)cc(C(F)(F)F)cc1C1CCCCN1. The Balaban J connectivity index is 2.46. The van der Waals surface area contributed by atoms with Crippen LogP contribution in [0.5, 0.6) is 5.75 Å². The van der Waals surface area contributed by atoms with Crippen LogP contribution in [0.2, 0.25) is 5.02 Å². The smallest absolute Gasteiger partial charge is 0.416 e. The molecular weight excluding hydrogens is 279 g/mol. The molecule has 19 heavy (non-hydrogen) atoms. The molecule has 1 heterocycles. The second-order valence-electron chi connectivity index (χ2n) is 4.58. The topological polar surface area (TPSA) is 21.3 Å². The highest BCUT2D eigenvalue weighted by atomic mass is 35.5. The first kappa shape index (κ1) is 14.5. The summed E-state index contributed by atoms with van der Waals surface area (Å²) in [5.74, 6) is 0.328. The molecule has 1 N–H and O–H groups in total. The van der Waals surface area contributed by atoms with Crippen LogP contribution in [0.15, 0.2) is 12.1 Å². The Labute approximate surface area is 114 Å². The fourth-order valence-corrected chi connectivity index (χ4v) is 2.67. The summed E-state index contributed by atoms with van der Waals surface area (Å²) in [6, 6.07) is 1.91. The maximum absolute atomic E-state index is 12.8. The van der Waals surface area contributed by atoms with Gasteiger partial charge in [0, 0.05) is 11.6 Å². The van der Waals surface area contributed by atoms with Crippen molar-refractivity contribution in [3.8, 4) is 5.75 Å². The Morgan fingerprint density at radius 2 is 2.05 bits per heavy atom. The number of halogens is 4. The zero-order chi connectivity index (χ0) is 14.0. The average molecular weight is 294 g/mol. The molecule has 1 aliphatic rings. The van der Waals surface area contributed by atoms with Crippen molar-refractivity contribution in [3.63, 3.8) is 0 Å². The third-order valence-corrected chi connectivity index (χ3v) is 3.57. The number of rotatable bonds is 2. The molecule has 106 valence electrons. The van der Waals surface area contributed by atoms with Crippen molar-refractivity contribution in [2.24, 2.45) is 0 Å². The zero-order valence-corrected chi connectivity index (χ0v) is 11.2. The molecule has 0 aliphatic carbocycles. The Morgan fingerprint density at radius 1 is 1.32 bits per heavy atom. The summed E-state index contributed by atoms with van der Waals surface area (Å²) in [5.41, 5.74) is -0.248. The van der Waals surface area contributed by atoms with Crippen molar-refractivity contribution in [3.05, 3.63) is 28.3 Å². The van der Waals surface area contributed by atoms with Crippen molar-refractivity contribution >= 4 is 11.6 Å². The lowest BCUT2D eigenvalue weighted by atomic mass is 9.95. The Hall–Kier alpha value is -0.940. The molecule has 1 saturated heterocycles. The minimum Gasteiger partial charge on any atom is -0.495 e. The van der Waals surface area contributed by atoms with E-state index in [1.807, 2.05) is 0 Å². The van der Waals surface area contributed by atoms with E-state index in [4.69, 9.17) is 16.3 Å². The molecule has 1 aromatic rings. The van der Waals surface area contributed by atoms with E-state index in [0.717, 1.165) is 37.9 Å². The lowest BCUT2D eigenvalue weighted by Crippen LogP contribution is -2.27. The van der Waals surface area contributed by atoms with Crippen molar-refractivity contribution in [1.29, 1.82) is 0 Å². The third kappa shape index (κ3) is 3.15. The van der Waals surface area contributed by atoms with Crippen LogP contribution in [-0.2, 0) is 6.18 Å². The first-order valence-electron chi connectivity index (χ1n) is 6.11. The molecule has 1 aliphatic heterocycles. The van der Waals surface area contributed by atoms with E-state index in [0.29, 0.717) is 11.3 Å². The second-order valence-corrected chi connectivity index (χ2v) is 4.99. The molecule has 0 saturated carbocycles. The highest BCUT2D eigenvalue weighted by Gasteiger charge is 2.33. The van der Waals surface area contributed by atoms with Gasteiger partial charge in [-0.3, -0.25) is 0 Å². The van der Waals surface area contributed by atoms with Crippen LogP contribution in [0.4, 0.5) is 13.2 Å². The summed E-state index contributed by atoms with van der Waals surface area (Å²) in [6.45, 7) is 0.793. The third-order valence-electron chi connectivity index (χ3n) is 3.29. The van der Waals surface area contributed by atoms with Crippen LogP contribution in [0.25, 0.3) is 0 Å². The highest BCUT2D eigenvalue weighted by Crippen LogP contribution is 2.41. The van der Waals surface area contributed by atoms with Gasteiger partial charge in [-0.2, -0.15) is 13.2 Å². The van der Waals surface area contributed by atoms with Gasteiger partial charge in [0.25, 0.3) is 0 Å². The van der Waals surface area contributed by atoms with E-state index in [9.17, 15) is 13.2 Å². The predicted octanol–water partition coefficient (Wildman–Crippen LogP) is 4.18. The highest BCUT2D eigenvalue weighted by molar-refractivity contribution is 6.32. The van der Waals surface area contributed by atoms with Gasteiger partial charge in [0.2, 0.25) is 0 Å². The van der Waals surface area contributed by atoms with Crippen molar-refractivity contribution in [2.75, 3.05) is 13.7 Å². The number of methoxy groups -OCH3 is 1. The molecule has 1 aromatic carbocycles. The fraction of sp³-hybridized carbons (Fsp3) is 0.538. The monoisotopic (exact) mass is 293 g/mol. The number of piperidine rings is 1. The molecule has 0 spiro atoms. The number of nitrogens with one attached hydrogen (secondary N) is 1. The van der Waals surface area contributed by atoms with E-state index >= 15 is 0 Å². The van der Waals surface area contributed by atoms with Gasteiger partial charge in [0.15, 0.2) is 0 Å². The minimum atomic E-state index is -4.40. The van der Waals surface area contributed by atoms with Gasteiger partial charge in [0.05, 0.1) is 17.7 Å². The molecule has 1 fully saturated rings. The Morgan fingerprint density at radius 3 is 2.58 bits per heavy atom. The number of benzene rings is 1. The van der Waals surface area contributed by atoms with Crippen LogP contribution < -0.4 is 10.1 Å². The van der Waals surface area contributed by atoms with Gasteiger partial charge >= 0.3 is 6.18 Å². The maximum atomic E-state index is 12.8. The molecule has 0 radical (unpaired) electrons. The first-order chi connectivity index (χ1) is 8.93. The average Bonchev–Trinajstić information content (AvgIpc) is 2.37. The number of hydrogen-bond acceptors (Lipinski definition) is 2. The number of ether oxygens (including phenoxy) is 1. The van der Waals surface area contributed by atoms with Crippen molar-refractivity contribution < 1.29 is 17.9 Å². The van der Waals surface area contributed by atoms with E-state index in [-0.39, 0.29) is 11.1 Å². The van der Waals surface area contributed by atoms with Crippen LogP contribution in [0.1, 0.15) is 36.4 Å². The second kappa shape index (κ2) is 5.59. The molecule has 1 atom stereocenters. The largest absolute Gasteiger partial charge is 0.495 e. The number of alkyl halides is 3. The standard InChI is InChI=1S/C13H15ClF3NO/c1-19-12-9(11-4-2-3-5-18-11)6-8(7-10(12)14)13(15,16)17/h6-7,11,18H,2-5H2,1H3. The Bertz CT molecular complexity index is 456. The Kier molecular flexibility index (Phi) is 4.26. The van der Waals surface area contributed by atoms with Gasteiger partial charge < -0.3 is 10.1 Å². The quantitative estimate of drug-likeness (QED) is 0.883. The van der Waals surface area contributed by atoms with Gasteiger partial charge in [0.1, 0.15) is 5.75 Å². The van der Waals surface area contributed by atoms with Gasteiger partial charge in [-0.05, 0) is 31.5 Å². The van der Waals surface area contributed by atoms with E-state index in [2.05, 4.69) is 5.32 Å². The minimum absolute atomic E-state index is 0.000279. The normalized spacial score (nSPS) is 20.4. The predicted molar refractivity (Wildman–Crippen MR) is 67.6 cm³/mol. The van der Waals surface area contributed by atoms with Crippen LogP contribution in [0, 0.1) is 0 Å². The maximum Gasteiger partial charge on any atom is 0.416 e. The van der Waals surface area contributed by atoms with Crippen LogP contribution in [-0.4, -0.2) is 13.7 Å². The summed E-state index contributed by atoms with van der Waals surface area (Å²) >= 11 is 5.91. The molecular formula is C13H15ClF3NO. The number of hydrogen-bond donors (Lipinski definition) is 1. The lowest BCUT2D eigenvalue weighted by molar-refractivity contribution is -0.137. The van der Waals surface area contributed by atoms with Gasteiger partial charge in [-0.25, -0.2) is 0 Å². The molecule has 2 nitrogen and oxygen atoms in total. The van der Waals surface area contributed by atoms with E-state index < -0.39 is 11.7 Å². The molecule has 6 heteroatoms. The summed E-state index contributed by atoms with van der Waals surface area (Å²) in [7, 11) is 1.42. The lowest BCUT2D eigenvalue weighted by Gasteiger charge is -2.26. The van der Waals surface area contributed by atoms with Crippen molar-refractivity contribution in [1.82, 2.24) is 5.32 Å². The summed E-state index contributed by atoms with van der Waals surface area (Å²) in [6.07, 6.45) is -1.60. The van der Waals surface area contributed by atoms with Crippen LogP contribution >= 0.6 is 11.6 Å². The van der Waals surface area contributed by atoms with Gasteiger partial charge in [-0.1, -0.05) is 18.0 Å². The zero-order valence-electron chi connectivity index (χ0n) is 10.5. The molecule has 0 amide bonds. The van der Waals surface area contributed by atoms with Gasteiger partial charge in [-0.15, -0.1) is 0 Å². The molecule has 0 bridgehead atoms. The molecule has 2 rings (SSSR count). The summed E-state index contributed by atoms with van der Waals surface area (Å²) in [4.78, 5) is 0. The molecule has 0 aromatic heterocycles. The van der Waals surface area contributed by atoms with E-state index in [1.54, 1.807) is 0 Å². The first-order valence-corrected chi connectivity index (χ1v) is 6.49. The summed E-state index contributed by atoms with van der Waals surface area (Å²) in [5, 5.41) is 3.21. The molecule has 1 unspecified atom stereocenters.